The number of halogens is 2. The summed E-state index contributed by atoms with van der Waals surface area (Å²) in [6.45, 7) is 0.641. The summed E-state index contributed by atoms with van der Waals surface area (Å²) in [5, 5.41) is 11.6. The van der Waals surface area contributed by atoms with Crippen molar-refractivity contribution in [2.24, 2.45) is 0 Å². The fourth-order valence-corrected chi connectivity index (χ4v) is 2.55. The number of hydrogen-bond donors (Lipinski definition) is 2. The molecule has 0 aliphatic carbocycles. The van der Waals surface area contributed by atoms with Gasteiger partial charge in [-0.3, -0.25) is 5.10 Å². The van der Waals surface area contributed by atoms with E-state index in [-0.39, 0.29) is 0 Å². The van der Waals surface area contributed by atoms with Crippen molar-refractivity contribution in [2.45, 2.75) is 6.54 Å². The molecule has 0 radical (unpaired) electrons. The maximum atomic E-state index is 6.17. The van der Waals surface area contributed by atoms with Gasteiger partial charge in [0.25, 0.3) is 0 Å². The van der Waals surface area contributed by atoms with Crippen LogP contribution in [0.2, 0.25) is 10.0 Å². The van der Waals surface area contributed by atoms with Gasteiger partial charge in [0.1, 0.15) is 0 Å². The van der Waals surface area contributed by atoms with E-state index >= 15 is 0 Å². The van der Waals surface area contributed by atoms with Crippen LogP contribution in [-0.4, -0.2) is 10.2 Å². The number of anilines is 1. The summed E-state index contributed by atoms with van der Waals surface area (Å²) in [6, 6.07) is 15.6. The fraction of sp³-hybridized carbons (Fsp3) is 0.0625. The van der Waals surface area contributed by atoms with Crippen LogP contribution in [0.15, 0.2) is 54.7 Å². The second kappa shape index (κ2) is 6.20. The molecule has 2 N–H and O–H groups in total. The van der Waals surface area contributed by atoms with Gasteiger partial charge in [-0.25, -0.2) is 0 Å². The van der Waals surface area contributed by atoms with Gasteiger partial charge in [0.15, 0.2) is 0 Å². The molecule has 0 saturated heterocycles. The molecule has 1 heterocycles. The van der Waals surface area contributed by atoms with E-state index in [0.717, 1.165) is 22.5 Å². The first kappa shape index (κ1) is 14.0. The molecular weight excluding hydrogens is 305 g/mol. The highest BCUT2D eigenvalue weighted by atomic mass is 35.5. The van der Waals surface area contributed by atoms with Crippen molar-refractivity contribution in [1.29, 1.82) is 0 Å². The first-order valence-corrected chi connectivity index (χ1v) is 7.25. The van der Waals surface area contributed by atoms with Gasteiger partial charge >= 0.3 is 0 Å². The lowest BCUT2D eigenvalue weighted by Crippen LogP contribution is -2.00. The number of aromatic amines is 1. The van der Waals surface area contributed by atoms with Crippen molar-refractivity contribution < 1.29 is 0 Å². The van der Waals surface area contributed by atoms with Crippen LogP contribution in [0.25, 0.3) is 11.3 Å². The molecule has 0 aliphatic rings. The smallest absolute Gasteiger partial charge is 0.0650 e. The maximum absolute atomic E-state index is 6.17. The Morgan fingerprint density at radius 2 is 1.95 bits per heavy atom. The molecule has 1 aromatic heterocycles. The average molecular weight is 318 g/mol. The molecule has 0 atom stereocenters. The van der Waals surface area contributed by atoms with Crippen molar-refractivity contribution in [3.8, 4) is 11.3 Å². The van der Waals surface area contributed by atoms with E-state index in [9.17, 15) is 0 Å². The van der Waals surface area contributed by atoms with E-state index in [4.69, 9.17) is 23.2 Å². The molecule has 0 saturated carbocycles. The van der Waals surface area contributed by atoms with Crippen LogP contribution in [0, 0.1) is 0 Å². The first-order valence-electron chi connectivity index (χ1n) is 6.50. The van der Waals surface area contributed by atoms with Crippen molar-refractivity contribution >= 4 is 28.9 Å². The highest BCUT2D eigenvalue weighted by molar-refractivity contribution is 6.35. The minimum absolute atomic E-state index is 0.641. The monoisotopic (exact) mass is 317 g/mol. The Labute approximate surface area is 132 Å². The average Bonchev–Trinajstić information content (AvgIpc) is 3.01. The molecule has 21 heavy (non-hydrogen) atoms. The van der Waals surface area contributed by atoms with E-state index < -0.39 is 0 Å². The Balaban J connectivity index is 1.75. The standard InChI is InChI=1S/C16H13Cl2N3/c17-13-5-4-12(15(18)9-13)10-19-14-3-1-2-11(8-14)16-6-7-20-21-16/h1-9,19H,10H2,(H,20,21). The zero-order valence-corrected chi connectivity index (χ0v) is 12.6. The van der Waals surface area contributed by atoms with Crippen LogP contribution >= 0.6 is 23.2 Å². The zero-order valence-electron chi connectivity index (χ0n) is 11.1. The Morgan fingerprint density at radius 1 is 1.05 bits per heavy atom. The molecular formula is C16H13Cl2N3. The number of H-pyrrole nitrogens is 1. The number of aromatic nitrogens is 2. The van der Waals surface area contributed by atoms with Gasteiger partial charge in [0.05, 0.1) is 5.69 Å². The van der Waals surface area contributed by atoms with E-state index in [0.29, 0.717) is 16.6 Å². The van der Waals surface area contributed by atoms with Crippen LogP contribution in [0.1, 0.15) is 5.56 Å². The Kier molecular flexibility index (Phi) is 4.13. The normalized spacial score (nSPS) is 10.6. The van der Waals surface area contributed by atoms with Crippen LogP contribution in [0.3, 0.4) is 0 Å². The molecule has 0 aliphatic heterocycles. The van der Waals surface area contributed by atoms with Gasteiger partial charge < -0.3 is 5.32 Å². The summed E-state index contributed by atoms with van der Waals surface area (Å²) in [6.07, 6.45) is 1.74. The van der Waals surface area contributed by atoms with E-state index in [1.54, 1.807) is 12.3 Å². The molecule has 3 rings (SSSR count). The molecule has 2 aromatic carbocycles. The third kappa shape index (κ3) is 3.38. The minimum atomic E-state index is 0.641. The SMILES string of the molecule is Clc1ccc(CNc2cccc(-c3ccn[nH]3)c2)c(Cl)c1. The predicted octanol–water partition coefficient (Wildman–Crippen LogP) is 5.00. The van der Waals surface area contributed by atoms with Crippen molar-refractivity contribution in [3.63, 3.8) is 0 Å². The first-order chi connectivity index (χ1) is 10.2. The summed E-state index contributed by atoms with van der Waals surface area (Å²) in [4.78, 5) is 0. The topological polar surface area (TPSA) is 40.7 Å². The summed E-state index contributed by atoms with van der Waals surface area (Å²) in [5.74, 6) is 0. The van der Waals surface area contributed by atoms with Gasteiger partial charge in [-0.2, -0.15) is 5.10 Å². The molecule has 5 heteroatoms. The fourth-order valence-electron chi connectivity index (χ4n) is 2.08. The van der Waals surface area contributed by atoms with Gasteiger partial charge in [-0.15, -0.1) is 0 Å². The maximum Gasteiger partial charge on any atom is 0.0650 e. The van der Waals surface area contributed by atoms with Gasteiger partial charge in [-0.05, 0) is 35.9 Å². The van der Waals surface area contributed by atoms with Gasteiger partial charge in [0, 0.05) is 34.0 Å². The minimum Gasteiger partial charge on any atom is -0.381 e. The highest BCUT2D eigenvalue weighted by Crippen LogP contribution is 2.24. The summed E-state index contributed by atoms with van der Waals surface area (Å²) < 4.78 is 0. The van der Waals surface area contributed by atoms with Crippen LogP contribution in [0.4, 0.5) is 5.69 Å². The molecule has 106 valence electrons. The molecule has 0 unspecified atom stereocenters. The Morgan fingerprint density at radius 3 is 2.71 bits per heavy atom. The molecule has 3 nitrogen and oxygen atoms in total. The predicted molar refractivity (Wildman–Crippen MR) is 87.8 cm³/mol. The van der Waals surface area contributed by atoms with Crippen molar-refractivity contribution in [3.05, 3.63) is 70.3 Å². The van der Waals surface area contributed by atoms with Gasteiger partial charge in [-0.1, -0.05) is 41.4 Å². The lowest BCUT2D eigenvalue weighted by Gasteiger charge is -2.09. The number of nitrogens with zero attached hydrogens (tertiary/aromatic N) is 1. The van der Waals surface area contributed by atoms with Crippen LogP contribution in [0.5, 0.6) is 0 Å². The van der Waals surface area contributed by atoms with Crippen molar-refractivity contribution in [2.75, 3.05) is 5.32 Å². The molecule has 0 fully saturated rings. The number of rotatable bonds is 4. The summed E-state index contributed by atoms with van der Waals surface area (Å²) in [7, 11) is 0. The second-order valence-electron chi connectivity index (χ2n) is 4.64. The van der Waals surface area contributed by atoms with E-state index in [1.165, 1.54) is 0 Å². The molecule has 3 aromatic rings. The lowest BCUT2D eigenvalue weighted by molar-refractivity contribution is 1.09. The molecule has 0 bridgehead atoms. The number of hydrogen-bond acceptors (Lipinski definition) is 2. The van der Waals surface area contributed by atoms with Crippen molar-refractivity contribution in [1.82, 2.24) is 10.2 Å². The third-order valence-corrected chi connectivity index (χ3v) is 3.76. The zero-order chi connectivity index (χ0) is 14.7. The van der Waals surface area contributed by atoms with E-state index in [2.05, 4.69) is 21.6 Å². The quantitative estimate of drug-likeness (QED) is 0.711. The van der Waals surface area contributed by atoms with E-state index in [1.807, 2.05) is 36.4 Å². The number of nitrogens with one attached hydrogen (secondary N) is 2. The Bertz CT molecular complexity index is 739. The van der Waals surface area contributed by atoms with Crippen LogP contribution < -0.4 is 5.32 Å². The van der Waals surface area contributed by atoms with Gasteiger partial charge in [0.2, 0.25) is 0 Å². The van der Waals surface area contributed by atoms with Crippen LogP contribution in [-0.2, 0) is 6.54 Å². The molecule has 0 spiro atoms. The summed E-state index contributed by atoms with van der Waals surface area (Å²) in [5.41, 5.74) is 4.10. The third-order valence-electron chi connectivity index (χ3n) is 3.17. The largest absolute Gasteiger partial charge is 0.381 e. The summed E-state index contributed by atoms with van der Waals surface area (Å²) >= 11 is 12.1. The highest BCUT2D eigenvalue weighted by Gasteiger charge is 2.03. The Hall–Kier alpha value is -1.97. The second-order valence-corrected chi connectivity index (χ2v) is 5.48. The number of benzene rings is 2. The molecule has 0 amide bonds. The lowest BCUT2D eigenvalue weighted by atomic mass is 10.1.